The van der Waals surface area contributed by atoms with Crippen LogP contribution in [0.3, 0.4) is 0 Å². The zero-order valence-corrected chi connectivity index (χ0v) is 16.4. The Morgan fingerprint density at radius 2 is 1.88 bits per heavy atom. The molecule has 0 saturated carbocycles. The number of ether oxygens (including phenoxy) is 1. The zero-order chi connectivity index (χ0) is 17.8. The molecule has 2 aromatic carbocycles. The highest BCUT2D eigenvalue weighted by Gasteiger charge is 2.26. The van der Waals surface area contributed by atoms with Crippen LogP contribution in [0.4, 0.5) is 5.69 Å². The summed E-state index contributed by atoms with van der Waals surface area (Å²) in [6.07, 6.45) is 2.12. The molecule has 1 atom stereocenters. The number of benzene rings is 2. The van der Waals surface area contributed by atoms with Crippen LogP contribution < -0.4 is 9.64 Å². The number of carbonyl (C=O) groups is 1. The first-order chi connectivity index (χ1) is 12.0. The van der Waals surface area contributed by atoms with E-state index < -0.39 is 5.97 Å². The lowest BCUT2D eigenvalue weighted by Gasteiger charge is -2.25. The lowest BCUT2D eigenvalue weighted by Crippen LogP contribution is -2.31. The fourth-order valence-electron chi connectivity index (χ4n) is 3.12. The number of halogens is 3. The second kappa shape index (κ2) is 9.36. The normalized spacial score (nSPS) is 16.2. The van der Waals surface area contributed by atoms with Crippen molar-refractivity contribution in [3.8, 4) is 5.75 Å². The molecule has 0 unspecified atom stereocenters. The standard InChI is InChI=1S/C19H19Cl2NO3.ClH/c20-17-8-3-13(10-18(17)21)12-25-16-6-4-14(5-7-16)22-9-1-2-15(22)11-19(23)24;/h3-8,10,15H,1-2,9,11-12H2,(H,23,24);1H/t15-;/m0./s1. The minimum absolute atomic E-state index is 0. The first kappa shape index (κ1) is 20.7. The molecular weight excluding hydrogens is 397 g/mol. The van der Waals surface area contributed by atoms with Gasteiger partial charge in [0.25, 0.3) is 0 Å². The van der Waals surface area contributed by atoms with Crippen molar-refractivity contribution in [1.82, 2.24) is 0 Å². The number of anilines is 1. The van der Waals surface area contributed by atoms with E-state index in [1.54, 1.807) is 12.1 Å². The van der Waals surface area contributed by atoms with E-state index in [0.29, 0.717) is 16.7 Å². The Morgan fingerprint density at radius 3 is 2.54 bits per heavy atom. The molecule has 26 heavy (non-hydrogen) atoms. The summed E-state index contributed by atoms with van der Waals surface area (Å²) in [5.74, 6) is 0.00211. The lowest BCUT2D eigenvalue weighted by atomic mass is 10.1. The van der Waals surface area contributed by atoms with Crippen molar-refractivity contribution in [2.24, 2.45) is 0 Å². The average molecular weight is 417 g/mol. The molecule has 1 N–H and O–H groups in total. The van der Waals surface area contributed by atoms with E-state index in [1.165, 1.54) is 0 Å². The van der Waals surface area contributed by atoms with E-state index in [9.17, 15) is 4.79 Å². The van der Waals surface area contributed by atoms with Crippen molar-refractivity contribution in [2.75, 3.05) is 11.4 Å². The fourth-order valence-corrected chi connectivity index (χ4v) is 3.44. The summed E-state index contributed by atoms with van der Waals surface area (Å²) in [4.78, 5) is 13.2. The van der Waals surface area contributed by atoms with Gasteiger partial charge in [-0.3, -0.25) is 4.79 Å². The number of hydrogen-bond donors (Lipinski definition) is 1. The molecule has 0 amide bonds. The first-order valence-corrected chi connectivity index (χ1v) is 8.94. The monoisotopic (exact) mass is 415 g/mol. The SMILES string of the molecule is Cl.O=C(O)C[C@@H]1CCCN1c1ccc(OCc2ccc(Cl)c(Cl)c2)cc1. The number of nitrogens with zero attached hydrogens (tertiary/aromatic N) is 1. The largest absolute Gasteiger partial charge is 0.489 e. The van der Waals surface area contributed by atoms with Crippen LogP contribution in [0.1, 0.15) is 24.8 Å². The van der Waals surface area contributed by atoms with Gasteiger partial charge in [-0.25, -0.2) is 0 Å². The van der Waals surface area contributed by atoms with E-state index >= 15 is 0 Å². The highest BCUT2D eigenvalue weighted by molar-refractivity contribution is 6.42. The molecule has 2 aromatic rings. The summed E-state index contributed by atoms with van der Waals surface area (Å²) in [7, 11) is 0. The predicted molar refractivity (Wildman–Crippen MR) is 107 cm³/mol. The van der Waals surface area contributed by atoms with E-state index in [4.69, 9.17) is 33.0 Å². The van der Waals surface area contributed by atoms with Crippen LogP contribution in [0.25, 0.3) is 0 Å². The van der Waals surface area contributed by atoms with Gasteiger partial charge in [-0.1, -0.05) is 29.3 Å². The number of carboxylic acids is 1. The number of aliphatic carboxylic acids is 1. The lowest BCUT2D eigenvalue weighted by molar-refractivity contribution is -0.137. The molecule has 3 rings (SSSR count). The summed E-state index contributed by atoms with van der Waals surface area (Å²) < 4.78 is 5.78. The number of carboxylic acid groups (broad SMARTS) is 1. The van der Waals surface area contributed by atoms with Gasteiger partial charge in [0.1, 0.15) is 12.4 Å². The zero-order valence-electron chi connectivity index (χ0n) is 14.0. The van der Waals surface area contributed by atoms with E-state index in [0.717, 1.165) is 36.4 Å². The summed E-state index contributed by atoms with van der Waals surface area (Å²) in [5.41, 5.74) is 1.98. The van der Waals surface area contributed by atoms with Gasteiger partial charge in [0.15, 0.2) is 0 Å². The molecule has 140 valence electrons. The molecule has 1 aliphatic heterocycles. The molecule has 7 heteroatoms. The predicted octanol–water partition coefficient (Wildman–Crippen LogP) is 5.44. The number of hydrogen-bond acceptors (Lipinski definition) is 3. The summed E-state index contributed by atoms with van der Waals surface area (Å²) in [6, 6.07) is 13.3. The van der Waals surface area contributed by atoms with Crippen LogP contribution in [0.15, 0.2) is 42.5 Å². The third kappa shape index (κ3) is 5.19. The molecule has 0 spiro atoms. The smallest absolute Gasteiger partial charge is 0.305 e. The molecule has 1 saturated heterocycles. The van der Waals surface area contributed by atoms with E-state index in [1.807, 2.05) is 30.3 Å². The van der Waals surface area contributed by atoms with E-state index in [2.05, 4.69) is 4.90 Å². The Balaban J connectivity index is 0.00000243. The van der Waals surface area contributed by atoms with Crippen LogP contribution in [0.2, 0.25) is 10.0 Å². The summed E-state index contributed by atoms with van der Waals surface area (Å²) in [5, 5.41) is 10.1. The van der Waals surface area contributed by atoms with Crippen molar-refractivity contribution in [3.05, 3.63) is 58.1 Å². The number of rotatable bonds is 6. The van der Waals surface area contributed by atoms with Crippen molar-refractivity contribution >= 4 is 47.3 Å². The minimum Gasteiger partial charge on any atom is -0.489 e. The van der Waals surface area contributed by atoms with Crippen LogP contribution in [0, 0.1) is 0 Å². The fraction of sp³-hybridized carbons (Fsp3) is 0.316. The third-order valence-corrected chi connectivity index (χ3v) is 5.08. The van der Waals surface area contributed by atoms with Gasteiger partial charge in [0, 0.05) is 18.3 Å². The Bertz CT molecular complexity index is 752. The van der Waals surface area contributed by atoms with Gasteiger partial charge >= 0.3 is 5.97 Å². The highest BCUT2D eigenvalue weighted by atomic mass is 35.5. The van der Waals surface area contributed by atoms with Crippen LogP contribution >= 0.6 is 35.6 Å². The molecule has 0 radical (unpaired) electrons. The van der Waals surface area contributed by atoms with Gasteiger partial charge in [-0.2, -0.15) is 0 Å². The minimum atomic E-state index is -0.751. The van der Waals surface area contributed by atoms with Crippen molar-refractivity contribution in [2.45, 2.75) is 31.9 Å². The Labute approximate surface area is 169 Å². The second-order valence-electron chi connectivity index (χ2n) is 6.12. The van der Waals surface area contributed by atoms with Crippen LogP contribution in [-0.2, 0) is 11.4 Å². The molecule has 1 aliphatic rings. The quantitative estimate of drug-likeness (QED) is 0.681. The molecular formula is C19H20Cl3NO3. The second-order valence-corrected chi connectivity index (χ2v) is 6.93. The summed E-state index contributed by atoms with van der Waals surface area (Å²) in [6.45, 7) is 1.29. The highest BCUT2D eigenvalue weighted by Crippen LogP contribution is 2.29. The van der Waals surface area contributed by atoms with Crippen LogP contribution in [-0.4, -0.2) is 23.7 Å². The third-order valence-electron chi connectivity index (χ3n) is 4.35. The van der Waals surface area contributed by atoms with Crippen LogP contribution in [0.5, 0.6) is 5.75 Å². The maximum Gasteiger partial charge on any atom is 0.305 e. The Morgan fingerprint density at radius 1 is 1.15 bits per heavy atom. The van der Waals surface area contributed by atoms with Gasteiger partial charge in [0.05, 0.1) is 16.5 Å². The van der Waals surface area contributed by atoms with E-state index in [-0.39, 0.29) is 24.9 Å². The maximum atomic E-state index is 11.0. The molecule has 0 aromatic heterocycles. The first-order valence-electron chi connectivity index (χ1n) is 8.18. The maximum absolute atomic E-state index is 11.0. The topological polar surface area (TPSA) is 49.8 Å². The molecule has 0 aliphatic carbocycles. The van der Waals surface area contributed by atoms with Crippen molar-refractivity contribution in [3.63, 3.8) is 0 Å². The Hall–Kier alpha value is -1.62. The molecule has 1 heterocycles. The average Bonchev–Trinajstić information content (AvgIpc) is 3.04. The molecule has 1 fully saturated rings. The van der Waals surface area contributed by atoms with Crippen molar-refractivity contribution in [1.29, 1.82) is 0 Å². The molecule has 0 bridgehead atoms. The summed E-state index contributed by atoms with van der Waals surface area (Å²) >= 11 is 11.9. The molecule has 4 nitrogen and oxygen atoms in total. The van der Waals surface area contributed by atoms with Gasteiger partial charge < -0.3 is 14.7 Å². The van der Waals surface area contributed by atoms with Crippen molar-refractivity contribution < 1.29 is 14.6 Å². The van der Waals surface area contributed by atoms with Gasteiger partial charge in [-0.05, 0) is 54.8 Å². The van der Waals surface area contributed by atoms with Gasteiger partial charge in [-0.15, -0.1) is 12.4 Å². The Kier molecular flexibility index (Phi) is 7.44. The van der Waals surface area contributed by atoms with Gasteiger partial charge in [0.2, 0.25) is 0 Å².